The fraction of sp³-hybridized carbons (Fsp3) is 0.116. The van der Waals surface area contributed by atoms with Crippen LogP contribution < -0.4 is 10.6 Å². The van der Waals surface area contributed by atoms with Crippen molar-refractivity contribution in [2.45, 2.75) is 31.6 Å². The summed E-state index contributed by atoms with van der Waals surface area (Å²) in [6.07, 6.45) is 11.9. The lowest BCUT2D eigenvalue weighted by Crippen LogP contribution is -2.32. The maximum absolute atomic E-state index is 2.47. The van der Waals surface area contributed by atoms with Gasteiger partial charge in [-0.05, 0) is 94.8 Å². The zero-order chi connectivity index (χ0) is 29.9. The highest BCUT2D eigenvalue weighted by Gasteiger charge is 2.29. The Labute approximate surface area is 263 Å². The fourth-order valence-electron chi connectivity index (χ4n) is 7.85. The van der Waals surface area contributed by atoms with Gasteiger partial charge in [-0.25, -0.2) is 0 Å². The normalized spacial score (nSPS) is 17.1. The molecule has 0 fully saturated rings. The lowest BCUT2D eigenvalue weighted by atomic mass is 9.78. The van der Waals surface area contributed by atoms with Crippen LogP contribution in [0.5, 0.6) is 0 Å². The summed E-state index contributed by atoms with van der Waals surface area (Å²) in [7, 11) is 0. The Morgan fingerprint density at radius 1 is 0.578 bits per heavy atom. The van der Waals surface area contributed by atoms with Crippen LogP contribution in [-0.2, 0) is 0 Å². The summed E-state index contributed by atoms with van der Waals surface area (Å²) in [6.45, 7) is 2.41. The highest BCUT2D eigenvalue weighted by Crippen LogP contribution is 2.40. The largest absolute Gasteiger partial charge is 0.310 e. The van der Waals surface area contributed by atoms with Crippen molar-refractivity contribution in [1.29, 1.82) is 0 Å². The van der Waals surface area contributed by atoms with Gasteiger partial charge in [0, 0.05) is 39.1 Å². The van der Waals surface area contributed by atoms with Crippen LogP contribution in [0.15, 0.2) is 133 Å². The standard InChI is InChI=1S/C43H34N2/c1-29-35(25-27-42-43(29)37-17-9-11-19-40(37)45(42)34-14-6-3-7-15-34)31-22-20-30(21-23-31)32-24-26-41-38(28-32)36-16-8-10-18-39(36)44(41)33-12-4-2-5-13-33/h2-8,10,12-29,35H,9,11H2,1H3. The highest BCUT2D eigenvalue weighted by molar-refractivity contribution is 6.10. The molecule has 0 saturated heterocycles. The average Bonchev–Trinajstić information content (AvgIpc) is 3.62. The van der Waals surface area contributed by atoms with Crippen LogP contribution in [0.25, 0.3) is 62.5 Å². The first-order valence-corrected chi connectivity index (χ1v) is 16.1. The second kappa shape index (κ2) is 10.4. The highest BCUT2D eigenvalue weighted by atomic mass is 15.0. The van der Waals surface area contributed by atoms with Gasteiger partial charge in [-0.15, -0.1) is 0 Å². The summed E-state index contributed by atoms with van der Waals surface area (Å²) in [6, 6.07) is 46.5. The van der Waals surface area contributed by atoms with Crippen LogP contribution >= 0.6 is 0 Å². The number of fused-ring (bicyclic) bond motifs is 6. The molecule has 45 heavy (non-hydrogen) atoms. The first kappa shape index (κ1) is 26.1. The molecule has 9 rings (SSSR count). The zero-order valence-corrected chi connectivity index (χ0v) is 25.4. The number of aromatic nitrogens is 2. The number of allylic oxidation sites excluding steroid dienone is 1. The van der Waals surface area contributed by atoms with Gasteiger partial charge in [0.1, 0.15) is 0 Å². The summed E-state index contributed by atoms with van der Waals surface area (Å²) < 4.78 is 4.85. The summed E-state index contributed by atoms with van der Waals surface area (Å²) in [5, 5.41) is 5.36. The molecule has 7 aromatic rings. The van der Waals surface area contributed by atoms with Gasteiger partial charge < -0.3 is 9.13 Å². The number of rotatable bonds is 4. The number of hydrogen-bond donors (Lipinski definition) is 0. The Bertz CT molecular complexity index is 2370. The monoisotopic (exact) mass is 578 g/mol. The lowest BCUT2D eigenvalue weighted by molar-refractivity contribution is 0.664. The molecule has 2 aliphatic rings. The number of hydrogen-bond acceptors (Lipinski definition) is 0. The summed E-state index contributed by atoms with van der Waals surface area (Å²) in [5.74, 6) is 0.724. The van der Waals surface area contributed by atoms with Crippen LogP contribution in [0.1, 0.15) is 48.4 Å². The second-order valence-corrected chi connectivity index (χ2v) is 12.5. The second-order valence-electron chi connectivity index (χ2n) is 12.5. The SMILES string of the molecule is CC1c2c(n(-c3ccccc3)c3c2=CCCC=3)C=CC1c1ccc(-c2ccc3c(c2)c2ccccc2n3-c2ccccc2)cc1. The van der Waals surface area contributed by atoms with Gasteiger partial charge in [-0.1, -0.05) is 110 Å². The summed E-state index contributed by atoms with van der Waals surface area (Å²) >= 11 is 0. The zero-order valence-electron chi connectivity index (χ0n) is 25.4. The van der Waals surface area contributed by atoms with Crippen molar-refractivity contribution < 1.29 is 0 Å². The Morgan fingerprint density at radius 3 is 2.00 bits per heavy atom. The van der Waals surface area contributed by atoms with Crippen molar-refractivity contribution in [3.8, 4) is 22.5 Å². The van der Waals surface area contributed by atoms with Gasteiger partial charge in [-0.2, -0.15) is 0 Å². The molecule has 216 valence electrons. The molecule has 2 nitrogen and oxygen atoms in total. The molecule has 2 aliphatic carbocycles. The quantitative estimate of drug-likeness (QED) is 0.197. The van der Waals surface area contributed by atoms with E-state index in [1.165, 1.54) is 71.7 Å². The molecule has 0 spiro atoms. The maximum Gasteiger partial charge on any atom is 0.0541 e. The molecule has 5 aromatic carbocycles. The minimum Gasteiger partial charge on any atom is -0.310 e. The molecule has 2 atom stereocenters. The molecule has 0 N–H and O–H groups in total. The van der Waals surface area contributed by atoms with Gasteiger partial charge in [0.05, 0.1) is 11.0 Å². The van der Waals surface area contributed by atoms with Gasteiger partial charge >= 0.3 is 0 Å². The first-order valence-electron chi connectivity index (χ1n) is 16.1. The van der Waals surface area contributed by atoms with Crippen molar-refractivity contribution in [2.75, 3.05) is 0 Å². The number of para-hydroxylation sites is 3. The van der Waals surface area contributed by atoms with Crippen molar-refractivity contribution >= 4 is 40.0 Å². The molecule has 2 heteroatoms. The molecule has 0 bridgehead atoms. The predicted molar refractivity (Wildman–Crippen MR) is 190 cm³/mol. The molecule has 2 unspecified atom stereocenters. The van der Waals surface area contributed by atoms with Crippen molar-refractivity contribution in [1.82, 2.24) is 9.13 Å². The Kier molecular flexibility index (Phi) is 6.02. The minimum atomic E-state index is 0.337. The average molecular weight is 579 g/mol. The summed E-state index contributed by atoms with van der Waals surface area (Å²) in [4.78, 5) is 0. The van der Waals surface area contributed by atoms with Crippen LogP contribution in [0, 0.1) is 0 Å². The van der Waals surface area contributed by atoms with E-state index in [4.69, 9.17) is 0 Å². The molecule has 2 heterocycles. The number of benzene rings is 5. The van der Waals surface area contributed by atoms with E-state index in [9.17, 15) is 0 Å². The van der Waals surface area contributed by atoms with E-state index < -0.39 is 0 Å². The van der Waals surface area contributed by atoms with Crippen molar-refractivity contribution in [3.63, 3.8) is 0 Å². The van der Waals surface area contributed by atoms with Gasteiger partial charge in [0.15, 0.2) is 0 Å². The third-order valence-corrected chi connectivity index (χ3v) is 9.96. The molecular weight excluding hydrogens is 544 g/mol. The lowest BCUT2D eigenvalue weighted by Gasteiger charge is -2.26. The maximum atomic E-state index is 2.47. The van der Waals surface area contributed by atoms with E-state index in [-0.39, 0.29) is 0 Å². The number of nitrogens with zero attached hydrogens (tertiary/aromatic N) is 2. The molecular formula is C43H34N2. The van der Waals surface area contributed by atoms with Crippen molar-refractivity contribution in [2.24, 2.45) is 0 Å². The van der Waals surface area contributed by atoms with E-state index >= 15 is 0 Å². The van der Waals surface area contributed by atoms with Crippen molar-refractivity contribution in [3.05, 3.63) is 161 Å². The first-order chi connectivity index (χ1) is 22.3. The topological polar surface area (TPSA) is 9.86 Å². The Morgan fingerprint density at radius 2 is 1.22 bits per heavy atom. The van der Waals surface area contributed by atoms with E-state index in [0.29, 0.717) is 11.8 Å². The van der Waals surface area contributed by atoms with E-state index in [1.54, 1.807) is 0 Å². The Balaban J connectivity index is 1.09. The summed E-state index contributed by atoms with van der Waals surface area (Å²) in [5.41, 5.74) is 11.6. The van der Waals surface area contributed by atoms with Gasteiger partial charge in [-0.3, -0.25) is 0 Å². The predicted octanol–water partition coefficient (Wildman–Crippen LogP) is 9.51. The van der Waals surface area contributed by atoms with E-state index in [0.717, 1.165) is 12.8 Å². The smallest absolute Gasteiger partial charge is 0.0541 e. The van der Waals surface area contributed by atoms with Gasteiger partial charge in [0.2, 0.25) is 0 Å². The molecule has 0 aliphatic heterocycles. The molecule has 0 amide bonds. The van der Waals surface area contributed by atoms with Crippen LogP contribution in [0.3, 0.4) is 0 Å². The fourth-order valence-corrected chi connectivity index (χ4v) is 7.85. The van der Waals surface area contributed by atoms with E-state index in [1.807, 2.05) is 0 Å². The van der Waals surface area contributed by atoms with Crippen LogP contribution in [0.4, 0.5) is 0 Å². The third-order valence-electron chi connectivity index (χ3n) is 9.96. The van der Waals surface area contributed by atoms with Crippen LogP contribution in [-0.4, -0.2) is 9.13 Å². The van der Waals surface area contributed by atoms with Crippen LogP contribution in [0.2, 0.25) is 0 Å². The Hall–Kier alpha value is -5.34. The molecule has 2 aromatic heterocycles. The molecule has 0 saturated carbocycles. The third kappa shape index (κ3) is 4.09. The van der Waals surface area contributed by atoms with E-state index in [2.05, 4.69) is 168 Å². The molecule has 0 radical (unpaired) electrons. The van der Waals surface area contributed by atoms with Gasteiger partial charge in [0.25, 0.3) is 0 Å². The minimum absolute atomic E-state index is 0.337.